The molecular formula is C20H28N2O3S. The Morgan fingerprint density at radius 3 is 2.46 bits per heavy atom. The number of para-hydroxylation sites is 1. The first kappa shape index (κ1) is 21.9. The molecule has 0 fully saturated rings. The lowest BCUT2D eigenvalue weighted by Gasteiger charge is -2.17. The molecule has 5 nitrogen and oxygen atoms in total. The Kier molecular flexibility index (Phi) is 10.3. The fourth-order valence-corrected chi connectivity index (χ4v) is 2.81. The zero-order valence-electron chi connectivity index (χ0n) is 15.9. The summed E-state index contributed by atoms with van der Waals surface area (Å²) < 4.78 is 11.0. The van der Waals surface area contributed by atoms with Gasteiger partial charge in [0.2, 0.25) is 0 Å². The van der Waals surface area contributed by atoms with Crippen LogP contribution in [0.15, 0.2) is 47.4 Å². The highest BCUT2D eigenvalue weighted by Gasteiger charge is 2.17. The van der Waals surface area contributed by atoms with Gasteiger partial charge in [-0.25, -0.2) is 4.79 Å². The standard InChI is InChI=1S/C19H23NO3S.CH5N/c1-4-5-11-20-16-12-14(19(21)22-2)13-17(24-3)18(16)23-15-9-7-6-8-10-15;1-2/h6-10,12-13,20H,4-5,11H2,1-3H3;2H2,1H3. The van der Waals surface area contributed by atoms with Crippen LogP contribution in [0.1, 0.15) is 30.1 Å². The van der Waals surface area contributed by atoms with Crippen molar-refractivity contribution in [1.82, 2.24) is 0 Å². The third-order valence-corrected chi connectivity index (χ3v) is 4.25. The van der Waals surface area contributed by atoms with E-state index in [2.05, 4.69) is 18.0 Å². The van der Waals surface area contributed by atoms with Gasteiger partial charge in [-0.1, -0.05) is 31.5 Å². The van der Waals surface area contributed by atoms with Crippen molar-refractivity contribution in [3.63, 3.8) is 0 Å². The molecule has 0 unspecified atom stereocenters. The van der Waals surface area contributed by atoms with E-state index in [9.17, 15) is 4.79 Å². The van der Waals surface area contributed by atoms with Crippen LogP contribution in [0.5, 0.6) is 11.5 Å². The predicted octanol–water partition coefficient (Wildman–Crippen LogP) is 4.77. The van der Waals surface area contributed by atoms with Gasteiger partial charge < -0.3 is 20.5 Å². The number of unbranched alkanes of at least 4 members (excludes halogenated alkanes) is 1. The number of carbonyl (C=O) groups is 1. The smallest absolute Gasteiger partial charge is 0.337 e. The topological polar surface area (TPSA) is 73.6 Å². The molecule has 0 saturated carbocycles. The first-order valence-corrected chi connectivity index (χ1v) is 9.77. The SMILES string of the molecule is CCCCNc1cc(C(=O)OC)cc(SC)c1Oc1ccccc1.CN. The summed E-state index contributed by atoms with van der Waals surface area (Å²) in [5.74, 6) is 1.14. The van der Waals surface area contributed by atoms with Crippen LogP contribution >= 0.6 is 11.8 Å². The van der Waals surface area contributed by atoms with Crippen LogP contribution in [0.4, 0.5) is 5.69 Å². The predicted molar refractivity (Wildman–Crippen MR) is 110 cm³/mol. The molecule has 26 heavy (non-hydrogen) atoms. The highest BCUT2D eigenvalue weighted by Crippen LogP contribution is 2.39. The van der Waals surface area contributed by atoms with E-state index in [1.807, 2.05) is 36.6 Å². The maximum Gasteiger partial charge on any atom is 0.337 e. The highest BCUT2D eigenvalue weighted by atomic mass is 32.2. The number of esters is 1. The summed E-state index contributed by atoms with van der Waals surface area (Å²) in [6, 6.07) is 13.2. The minimum absolute atomic E-state index is 0.352. The number of nitrogens with one attached hydrogen (secondary N) is 1. The van der Waals surface area contributed by atoms with Crippen molar-refractivity contribution in [2.45, 2.75) is 24.7 Å². The van der Waals surface area contributed by atoms with E-state index in [0.717, 1.165) is 41.5 Å². The number of hydrogen-bond acceptors (Lipinski definition) is 6. The maximum absolute atomic E-state index is 11.9. The number of hydrogen-bond donors (Lipinski definition) is 2. The zero-order chi connectivity index (χ0) is 19.4. The second-order valence-corrected chi connectivity index (χ2v) is 6.09. The molecule has 2 aromatic rings. The molecule has 0 aliphatic heterocycles. The van der Waals surface area contributed by atoms with Gasteiger partial charge in [0.1, 0.15) is 5.75 Å². The molecular weight excluding hydrogens is 348 g/mol. The third kappa shape index (κ3) is 6.28. The minimum atomic E-state index is -0.352. The van der Waals surface area contributed by atoms with Crippen LogP contribution in [0.25, 0.3) is 0 Å². The fourth-order valence-electron chi connectivity index (χ4n) is 2.23. The van der Waals surface area contributed by atoms with Gasteiger partial charge in [-0.15, -0.1) is 11.8 Å². The molecule has 2 aromatic carbocycles. The molecule has 0 radical (unpaired) electrons. The average molecular weight is 377 g/mol. The molecule has 142 valence electrons. The summed E-state index contributed by atoms with van der Waals surface area (Å²) in [5.41, 5.74) is 5.82. The number of nitrogens with two attached hydrogens (primary N) is 1. The van der Waals surface area contributed by atoms with Crippen LogP contribution in [0, 0.1) is 0 Å². The maximum atomic E-state index is 11.9. The number of carbonyl (C=O) groups excluding carboxylic acids is 1. The number of anilines is 1. The number of benzene rings is 2. The van der Waals surface area contributed by atoms with Gasteiger partial charge in [0.25, 0.3) is 0 Å². The van der Waals surface area contributed by atoms with E-state index < -0.39 is 0 Å². The van der Waals surface area contributed by atoms with Crippen LogP contribution in [0.2, 0.25) is 0 Å². The van der Waals surface area contributed by atoms with Gasteiger partial charge in [-0.3, -0.25) is 0 Å². The van der Waals surface area contributed by atoms with E-state index >= 15 is 0 Å². The number of ether oxygens (including phenoxy) is 2. The third-order valence-electron chi connectivity index (χ3n) is 3.50. The Bertz CT molecular complexity index is 678. The van der Waals surface area contributed by atoms with Gasteiger partial charge in [0.05, 0.1) is 23.3 Å². The molecule has 0 atom stereocenters. The Morgan fingerprint density at radius 2 is 1.88 bits per heavy atom. The molecule has 0 aliphatic rings. The van der Waals surface area contributed by atoms with Crippen molar-refractivity contribution in [2.24, 2.45) is 5.73 Å². The normalized spacial score (nSPS) is 9.73. The number of thioether (sulfide) groups is 1. The van der Waals surface area contributed by atoms with Crippen molar-refractivity contribution in [3.05, 3.63) is 48.0 Å². The molecule has 0 aromatic heterocycles. The van der Waals surface area contributed by atoms with Crippen LogP contribution in [-0.4, -0.2) is 32.9 Å². The van der Waals surface area contributed by atoms with Crippen molar-refractivity contribution in [2.75, 3.05) is 32.3 Å². The average Bonchev–Trinajstić information content (AvgIpc) is 2.70. The lowest BCUT2D eigenvalue weighted by atomic mass is 10.1. The number of methoxy groups -OCH3 is 1. The Hall–Kier alpha value is -2.18. The minimum Gasteiger partial charge on any atom is -0.465 e. The van der Waals surface area contributed by atoms with Gasteiger partial charge >= 0.3 is 5.97 Å². The summed E-state index contributed by atoms with van der Waals surface area (Å²) in [5, 5.41) is 3.38. The summed E-state index contributed by atoms with van der Waals surface area (Å²) in [6.45, 7) is 2.96. The van der Waals surface area contributed by atoms with Crippen molar-refractivity contribution in [1.29, 1.82) is 0 Å². The van der Waals surface area contributed by atoms with E-state index in [-0.39, 0.29) is 5.97 Å². The van der Waals surface area contributed by atoms with E-state index in [4.69, 9.17) is 9.47 Å². The summed E-state index contributed by atoms with van der Waals surface area (Å²) in [7, 11) is 2.89. The monoisotopic (exact) mass is 376 g/mol. The quantitative estimate of drug-likeness (QED) is 0.393. The summed E-state index contributed by atoms with van der Waals surface area (Å²) >= 11 is 1.54. The summed E-state index contributed by atoms with van der Waals surface area (Å²) in [4.78, 5) is 12.8. The molecule has 6 heteroatoms. The molecule has 0 aliphatic carbocycles. The second kappa shape index (κ2) is 12.2. The van der Waals surface area contributed by atoms with E-state index in [1.165, 1.54) is 25.9 Å². The molecule has 3 N–H and O–H groups in total. The Balaban J connectivity index is 0.00000163. The fraction of sp³-hybridized carbons (Fsp3) is 0.350. The van der Waals surface area contributed by atoms with Gasteiger partial charge in [-0.05, 0) is 44.0 Å². The second-order valence-electron chi connectivity index (χ2n) is 5.24. The molecule has 0 heterocycles. The highest BCUT2D eigenvalue weighted by molar-refractivity contribution is 7.98. The largest absolute Gasteiger partial charge is 0.465 e. The molecule has 0 spiro atoms. The molecule has 0 saturated heterocycles. The Morgan fingerprint density at radius 1 is 1.19 bits per heavy atom. The van der Waals surface area contributed by atoms with Crippen LogP contribution < -0.4 is 15.8 Å². The number of rotatable bonds is 8. The Labute approximate surface area is 160 Å². The van der Waals surface area contributed by atoms with Crippen molar-refractivity contribution >= 4 is 23.4 Å². The van der Waals surface area contributed by atoms with Crippen LogP contribution in [0.3, 0.4) is 0 Å². The van der Waals surface area contributed by atoms with Gasteiger partial charge in [-0.2, -0.15) is 0 Å². The molecule has 2 rings (SSSR count). The molecule has 0 amide bonds. The lowest BCUT2D eigenvalue weighted by Crippen LogP contribution is -2.07. The van der Waals surface area contributed by atoms with Crippen molar-refractivity contribution in [3.8, 4) is 11.5 Å². The first-order chi connectivity index (χ1) is 12.7. The molecule has 0 bridgehead atoms. The van der Waals surface area contributed by atoms with E-state index in [0.29, 0.717) is 5.56 Å². The van der Waals surface area contributed by atoms with Crippen molar-refractivity contribution < 1.29 is 14.3 Å². The summed E-state index contributed by atoms with van der Waals surface area (Å²) in [6.07, 6.45) is 4.10. The van der Waals surface area contributed by atoms with Gasteiger partial charge in [0, 0.05) is 6.54 Å². The zero-order valence-corrected chi connectivity index (χ0v) is 16.7. The van der Waals surface area contributed by atoms with E-state index in [1.54, 1.807) is 12.1 Å². The van der Waals surface area contributed by atoms with Gasteiger partial charge in [0.15, 0.2) is 5.75 Å². The van der Waals surface area contributed by atoms with Crippen LogP contribution in [-0.2, 0) is 4.74 Å². The first-order valence-electron chi connectivity index (χ1n) is 8.54. The lowest BCUT2D eigenvalue weighted by molar-refractivity contribution is 0.0600.